The van der Waals surface area contributed by atoms with Gasteiger partial charge in [-0.3, -0.25) is 4.79 Å². The molecule has 1 amide bonds. The standard InChI is InChI=1S/C12H9N5O3/c13-6-5-12(18)15-14-7-9-8-16(19)10-3-1-2-4-11(10)17(9)20/h1-4,7-8H,5H2,(H,15,18)/b14-7+. The van der Waals surface area contributed by atoms with Gasteiger partial charge in [0.1, 0.15) is 12.6 Å². The molecule has 0 bridgehead atoms. The molecule has 0 saturated carbocycles. The smallest absolute Gasteiger partial charge is 0.302 e. The second-order valence-electron chi connectivity index (χ2n) is 3.79. The van der Waals surface area contributed by atoms with Crippen LogP contribution in [0.3, 0.4) is 0 Å². The topological polar surface area (TPSA) is 119 Å². The van der Waals surface area contributed by atoms with Crippen LogP contribution in [0, 0.1) is 21.7 Å². The van der Waals surface area contributed by atoms with Gasteiger partial charge in [-0.1, -0.05) is 12.1 Å². The number of amides is 1. The highest BCUT2D eigenvalue weighted by Gasteiger charge is 2.17. The molecule has 1 heterocycles. The monoisotopic (exact) mass is 271 g/mol. The van der Waals surface area contributed by atoms with E-state index in [0.29, 0.717) is 9.46 Å². The SMILES string of the molecule is N#CCC(=O)N/N=C/c1c[n+]([O-])c2ccccc2[n+]1[O-]. The zero-order chi connectivity index (χ0) is 14.5. The van der Waals surface area contributed by atoms with Gasteiger partial charge in [0, 0.05) is 12.1 Å². The largest absolute Gasteiger partial charge is 0.618 e. The van der Waals surface area contributed by atoms with Crippen molar-refractivity contribution < 1.29 is 14.3 Å². The number of aromatic nitrogens is 2. The summed E-state index contributed by atoms with van der Waals surface area (Å²) in [5.41, 5.74) is 2.46. The Morgan fingerprint density at radius 3 is 2.80 bits per heavy atom. The van der Waals surface area contributed by atoms with Crippen LogP contribution in [0.5, 0.6) is 0 Å². The molecule has 100 valence electrons. The van der Waals surface area contributed by atoms with E-state index in [4.69, 9.17) is 5.26 Å². The van der Waals surface area contributed by atoms with Crippen LogP contribution in [0.2, 0.25) is 0 Å². The van der Waals surface area contributed by atoms with E-state index >= 15 is 0 Å². The molecule has 0 fully saturated rings. The number of hydrogen-bond donors (Lipinski definition) is 1. The number of carbonyl (C=O) groups excluding carboxylic acids is 1. The lowest BCUT2D eigenvalue weighted by Crippen LogP contribution is -2.41. The Balaban J connectivity index is 2.32. The van der Waals surface area contributed by atoms with E-state index in [9.17, 15) is 15.2 Å². The molecule has 1 N–H and O–H groups in total. The van der Waals surface area contributed by atoms with E-state index in [0.717, 1.165) is 12.4 Å². The molecular weight excluding hydrogens is 262 g/mol. The first kappa shape index (κ1) is 13.2. The molecule has 2 aromatic rings. The Morgan fingerprint density at radius 1 is 1.40 bits per heavy atom. The van der Waals surface area contributed by atoms with Crippen molar-refractivity contribution in [2.45, 2.75) is 6.42 Å². The summed E-state index contributed by atoms with van der Waals surface area (Å²) >= 11 is 0. The summed E-state index contributed by atoms with van der Waals surface area (Å²) in [6.45, 7) is 0. The average Bonchev–Trinajstić information content (AvgIpc) is 2.44. The minimum absolute atomic E-state index is 0.0315. The van der Waals surface area contributed by atoms with Gasteiger partial charge in [0.15, 0.2) is 0 Å². The van der Waals surface area contributed by atoms with E-state index in [-0.39, 0.29) is 23.1 Å². The molecule has 0 aliphatic heterocycles. The highest BCUT2D eigenvalue weighted by Crippen LogP contribution is 2.03. The summed E-state index contributed by atoms with van der Waals surface area (Å²) < 4.78 is 1.08. The summed E-state index contributed by atoms with van der Waals surface area (Å²) in [7, 11) is 0. The van der Waals surface area contributed by atoms with Crippen LogP contribution in [-0.4, -0.2) is 12.1 Å². The van der Waals surface area contributed by atoms with E-state index in [2.05, 4.69) is 10.5 Å². The van der Waals surface area contributed by atoms with Gasteiger partial charge in [-0.15, -0.1) is 0 Å². The normalized spacial score (nSPS) is 10.6. The summed E-state index contributed by atoms with van der Waals surface area (Å²) in [4.78, 5) is 11.0. The lowest BCUT2D eigenvalue weighted by Gasteiger charge is -2.05. The zero-order valence-electron chi connectivity index (χ0n) is 10.2. The number of nitriles is 1. The van der Waals surface area contributed by atoms with E-state index in [1.54, 1.807) is 18.2 Å². The third kappa shape index (κ3) is 2.62. The van der Waals surface area contributed by atoms with Crippen LogP contribution in [0.1, 0.15) is 12.1 Å². The lowest BCUT2D eigenvalue weighted by molar-refractivity contribution is -0.629. The fourth-order valence-electron chi connectivity index (χ4n) is 1.57. The summed E-state index contributed by atoms with van der Waals surface area (Å²) in [5, 5.41) is 35.5. The fourth-order valence-corrected chi connectivity index (χ4v) is 1.57. The molecule has 0 radical (unpaired) electrons. The minimum atomic E-state index is -0.600. The molecule has 0 aliphatic rings. The maximum atomic E-state index is 12.0. The van der Waals surface area contributed by atoms with Gasteiger partial charge in [0.2, 0.25) is 0 Å². The van der Waals surface area contributed by atoms with Crippen LogP contribution in [0.15, 0.2) is 35.6 Å². The van der Waals surface area contributed by atoms with Gasteiger partial charge < -0.3 is 10.4 Å². The average molecular weight is 271 g/mol. The van der Waals surface area contributed by atoms with E-state index in [1.165, 1.54) is 12.1 Å². The van der Waals surface area contributed by atoms with Crippen LogP contribution in [0.4, 0.5) is 0 Å². The number of benzene rings is 1. The van der Waals surface area contributed by atoms with Crippen molar-refractivity contribution >= 4 is 23.2 Å². The third-order valence-corrected chi connectivity index (χ3v) is 2.45. The second kappa shape index (κ2) is 5.62. The first-order valence-corrected chi connectivity index (χ1v) is 5.57. The van der Waals surface area contributed by atoms with Gasteiger partial charge in [0.05, 0.1) is 6.07 Å². The predicted molar refractivity (Wildman–Crippen MR) is 67.8 cm³/mol. The Kier molecular flexibility index (Phi) is 3.72. The van der Waals surface area contributed by atoms with E-state index in [1.807, 2.05) is 0 Å². The lowest BCUT2D eigenvalue weighted by atomic mass is 10.3. The fraction of sp³-hybridized carbons (Fsp3) is 0.0833. The highest BCUT2D eigenvalue weighted by atomic mass is 16.5. The van der Waals surface area contributed by atoms with Crippen LogP contribution in [0.25, 0.3) is 11.0 Å². The van der Waals surface area contributed by atoms with Crippen molar-refractivity contribution in [3.05, 3.63) is 46.6 Å². The number of hydrazone groups is 1. The number of carbonyl (C=O) groups is 1. The Labute approximate surface area is 113 Å². The molecule has 20 heavy (non-hydrogen) atoms. The number of hydrogen-bond acceptors (Lipinski definition) is 5. The molecule has 8 nitrogen and oxygen atoms in total. The Morgan fingerprint density at radius 2 is 2.10 bits per heavy atom. The van der Waals surface area contributed by atoms with Gasteiger partial charge in [-0.2, -0.15) is 19.8 Å². The van der Waals surface area contributed by atoms with E-state index < -0.39 is 5.91 Å². The molecule has 0 spiro atoms. The number of nitrogens with one attached hydrogen (secondary N) is 1. The predicted octanol–water partition coefficient (Wildman–Crippen LogP) is -0.530. The van der Waals surface area contributed by atoms with Crippen LogP contribution < -0.4 is 14.9 Å². The Hall–Kier alpha value is -3.21. The number of rotatable bonds is 3. The van der Waals surface area contributed by atoms with Gasteiger partial charge in [-0.25, -0.2) is 5.43 Å². The van der Waals surface area contributed by atoms with Gasteiger partial charge in [-0.05, 0) is 0 Å². The van der Waals surface area contributed by atoms with Crippen LogP contribution in [-0.2, 0) is 4.79 Å². The quantitative estimate of drug-likeness (QED) is 0.349. The molecule has 0 unspecified atom stereocenters. The maximum absolute atomic E-state index is 12.0. The van der Waals surface area contributed by atoms with Gasteiger partial charge in [0.25, 0.3) is 23.1 Å². The molecule has 0 saturated heterocycles. The van der Waals surface area contributed by atoms with Crippen molar-refractivity contribution in [3.8, 4) is 6.07 Å². The molecular formula is C12H9N5O3. The molecule has 2 rings (SSSR count). The molecule has 0 aliphatic carbocycles. The first-order valence-electron chi connectivity index (χ1n) is 5.57. The molecule has 8 heteroatoms. The van der Waals surface area contributed by atoms with Crippen molar-refractivity contribution in [1.29, 1.82) is 5.26 Å². The van der Waals surface area contributed by atoms with Gasteiger partial charge >= 0.3 is 5.69 Å². The van der Waals surface area contributed by atoms with Crippen molar-refractivity contribution in [1.82, 2.24) is 5.43 Å². The van der Waals surface area contributed by atoms with Crippen molar-refractivity contribution in [2.75, 3.05) is 0 Å². The summed E-state index contributed by atoms with van der Waals surface area (Å²) in [6, 6.07) is 7.95. The Bertz CT molecular complexity index is 736. The number of para-hydroxylation sites is 2. The number of fused-ring (bicyclic) bond motifs is 1. The first-order chi connectivity index (χ1) is 9.63. The summed E-state index contributed by atoms with van der Waals surface area (Å²) in [6.07, 6.45) is 1.76. The maximum Gasteiger partial charge on any atom is 0.302 e. The zero-order valence-corrected chi connectivity index (χ0v) is 10.2. The van der Waals surface area contributed by atoms with Crippen LogP contribution >= 0.6 is 0 Å². The molecule has 1 aromatic carbocycles. The van der Waals surface area contributed by atoms with Crippen molar-refractivity contribution in [3.63, 3.8) is 0 Å². The summed E-state index contributed by atoms with van der Waals surface area (Å²) in [5.74, 6) is -0.600. The number of nitrogens with zero attached hydrogens (tertiary/aromatic N) is 4. The second-order valence-corrected chi connectivity index (χ2v) is 3.79. The minimum Gasteiger partial charge on any atom is -0.618 e. The highest BCUT2D eigenvalue weighted by molar-refractivity contribution is 5.81. The molecule has 0 atom stereocenters. The van der Waals surface area contributed by atoms with Crippen molar-refractivity contribution in [2.24, 2.45) is 5.10 Å². The third-order valence-electron chi connectivity index (χ3n) is 2.45. The molecule has 1 aromatic heterocycles.